The number of rotatable bonds is 4. The molecule has 7 heteroatoms. The molecule has 2 N–H and O–H groups in total. The zero-order valence-electron chi connectivity index (χ0n) is 20.1. The van der Waals surface area contributed by atoms with E-state index in [4.69, 9.17) is 14.5 Å². The minimum atomic E-state index is 0.555. The van der Waals surface area contributed by atoms with E-state index in [1.165, 1.54) is 25.9 Å². The van der Waals surface area contributed by atoms with Crippen LogP contribution in [-0.2, 0) is 6.54 Å². The highest BCUT2D eigenvalue weighted by atomic mass is 16.5. The van der Waals surface area contributed by atoms with Gasteiger partial charge >= 0.3 is 0 Å². The van der Waals surface area contributed by atoms with Crippen LogP contribution in [0.2, 0.25) is 0 Å². The molecule has 1 fully saturated rings. The molecule has 3 aromatic rings. The third-order valence-electron chi connectivity index (χ3n) is 6.26. The Kier molecular flexibility index (Phi) is 7.88. The first-order valence-corrected chi connectivity index (χ1v) is 12.5. The molecule has 182 valence electrons. The zero-order chi connectivity index (χ0) is 23.7. The van der Waals surface area contributed by atoms with E-state index in [9.17, 15) is 0 Å². The molecule has 2 aliphatic heterocycles. The second-order valence-electron chi connectivity index (χ2n) is 8.88. The van der Waals surface area contributed by atoms with Crippen LogP contribution < -0.4 is 20.1 Å². The van der Waals surface area contributed by atoms with Crippen LogP contribution in [0.3, 0.4) is 0 Å². The van der Waals surface area contributed by atoms with Gasteiger partial charge in [0.05, 0.1) is 12.3 Å². The highest BCUT2D eigenvalue weighted by Crippen LogP contribution is 2.27. The number of ether oxygens (including phenoxy) is 2. The molecule has 6 bridgehead atoms. The number of hydrogen-bond donors (Lipinski definition) is 2. The van der Waals surface area contributed by atoms with Crippen molar-refractivity contribution in [2.24, 2.45) is 0 Å². The number of fused-ring (bicyclic) bond motifs is 7. The summed E-state index contributed by atoms with van der Waals surface area (Å²) in [5.74, 6) is 2.31. The van der Waals surface area contributed by atoms with E-state index in [1.54, 1.807) is 6.20 Å². The Hall–Kier alpha value is -3.42. The zero-order valence-corrected chi connectivity index (χ0v) is 20.1. The van der Waals surface area contributed by atoms with Crippen LogP contribution >= 0.6 is 0 Å². The highest BCUT2D eigenvalue weighted by Gasteiger charge is 2.12. The van der Waals surface area contributed by atoms with Gasteiger partial charge in [-0.3, -0.25) is 4.90 Å². The summed E-state index contributed by atoms with van der Waals surface area (Å²) in [4.78, 5) is 11.6. The van der Waals surface area contributed by atoms with Gasteiger partial charge in [-0.2, -0.15) is 0 Å². The normalized spacial score (nSPS) is 17.5. The van der Waals surface area contributed by atoms with Gasteiger partial charge in [-0.1, -0.05) is 24.3 Å². The van der Waals surface area contributed by atoms with Gasteiger partial charge in [0.1, 0.15) is 18.1 Å². The number of nitrogens with one attached hydrogen (secondary N) is 2. The van der Waals surface area contributed by atoms with Crippen molar-refractivity contribution >= 4 is 11.6 Å². The van der Waals surface area contributed by atoms with E-state index >= 15 is 0 Å². The fraction of sp³-hybridized carbons (Fsp3) is 0.357. The second kappa shape index (κ2) is 11.8. The Labute approximate surface area is 207 Å². The van der Waals surface area contributed by atoms with Crippen molar-refractivity contribution in [3.05, 3.63) is 72.4 Å². The SMILES string of the molecule is C1=C/CNCc2cc(ccc2OCCN2CCCC2)Nc2nccc(n2)-c2cccc(c2)OCC/1. The molecular weight excluding hydrogens is 438 g/mol. The lowest BCUT2D eigenvalue weighted by Crippen LogP contribution is -2.25. The van der Waals surface area contributed by atoms with Crippen LogP contribution in [0.4, 0.5) is 11.6 Å². The lowest BCUT2D eigenvalue weighted by molar-refractivity contribution is 0.236. The molecule has 2 aliphatic rings. The van der Waals surface area contributed by atoms with Crippen LogP contribution in [0.15, 0.2) is 66.9 Å². The largest absolute Gasteiger partial charge is 0.493 e. The number of anilines is 2. The molecule has 2 aromatic carbocycles. The van der Waals surface area contributed by atoms with E-state index < -0.39 is 0 Å². The molecule has 0 saturated carbocycles. The Morgan fingerprint density at radius 2 is 1.97 bits per heavy atom. The third-order valence-corrected chi connectivity index (χ3v) is 6.26. The van der Waals surface area contributed by atoms with Gasteiger partial charge in [-0.05, 0) is 68.8 Å². The van der Waals surface area contributed by atoms with Crippen molar-refractivity contribution < 1.29 is 9.47 Å². The monoisotopic (exact) mass is 471 g/mol. The van der Waals surface area contributed by atoms with Crippen molar-refractivity contribution in [3.63, 3.8) is 0 Å². The number of likely N-dealkylation sites (tertiary alicyclic amines) is 1. The molecule has 0 spiro atoms. The van der Waals surface area contributed by atoms with E-state index in [2.05, 4.69) is 38.7 Å². The van der Waals surface area contributed by atoms with E-state index in [0.717, 1.165) is 53.5 Å². The molecule has 0 aliphatic carbocycles. The summed E-state index contributed by atoms with van der Waals surface area (Å²) in [7, 11) is 0. The summed E-state index contributed by atoms with van der Waals surface area (Å²) in [6, 6.07) is 16.1. The molecule has 5 rings (SSSR count). The van der Waals surface area contributed by atoms with Crippen molar-refractivity contribution in [2.75, 3.05) is 44.7 Å². The first-order valence-electron chi connectivity index (χ1n) is 12.5. The van der Waals surface area contributed by atoms with Crippen molar-refractivity contribution in [1.82, 2.24) is 20.2 Å². The lowest BCUT2D eigenvalue weighted by Gasteiger charge is -2.17. The molecular formula is C28H33N5O2. The van der Waals surface area contributed by atoms with Crippen LogP contribution in [0.25, 0.3) is 11.3 Å². The molecule has 3 heterocycles. The maximum atomic E-state index is 6.21. The van der Waals surface area contributed by atoms with Gasteiger partial charge in [0.15, 0.2) is 0 Å². The number of benzene rings is 2. The third kappa shape index (κ3) is 6.59. The van der Waals surface area contributed by atoms with E-state index in [0.29, 0.717) is 25.7 Å². The summed E-state index contributed by atoms with van der Waals surface area (Å²) in [6.45, 7) is 6.16. The average Bonchev–Trinajstić information content (AvgIpc) is 3.40. The lowest BCUT2D eigenvalue weighted by atomic mass is 10.1. The van der Waals surface area contributed by atoms with Gasteiger partial charge in [0.2, 0.25) is 5.95 Å². The van der Waals surface area contributed by atoms with Gasteiger partial charge in [-0.15, -0.1) is 0 Å². The Morgan fingerprint density at radius 3 is 2.91 bits per heavy atom. The predicted molar refractivity (Wildman–Crippen MR) is 139 cm³/mol. The standard InChI is InChI=1S/C28H33N5O2/c1-2-12-29-21-23-19-24(9-10-27(23)35-18-16-33-14-3-4-15-33)31-28-30-13-11-26(32-28)22-7-6-8-25(20-22)34-17-5-1/h1-2,6-11,13,19-20,29H,3-5,12,14-18,21H2,(H,30,31,32)/b2-1+. The molecule has 0 unspecified atom stereocenters. The van der Waals surface area contributed by atoms with Crippen molar-refractivity contribution in [3.8, 4) is 22.8 Å². The maximum Gasteiger partial charge on any atom is 0.227 e. The van der Waals surface area contributed by atoms with Crippen LogP contribution in [0.1, 0.15) is 24.8 Å². The average molecular weight is 472 g/mol. The number of nitrogens with zero attached hydrogens (tertiary/aromatic N) is 3. The number of hydrogen-bond acceptors (Lipinski definition) is 7. The molecule has 7 nitrogen and oxygen atoms in total. The molecule has 0 amide bonds. The van der Waals surface area contributed by atoms with E-state index in [1.807, 2.05) is 42.5 Å². The fourth-order valence-electron chi connectivity index (χ4n) is 4.42. The molecule has 1 saturated heterocycles. The van der Waals surface area contributed by atoms with Gasteiger partial charge in [0.25, 0.3) is 0 Å². The summed E-state index contributed by atoms with van der Waals surface area (Å²) >= 11 is 0. The van der Waals surface area contributed by atoms with Crippen LogP contribution in [0.5, 0.6) is 11.5 Å². The first-order chi connectivity index (χ1) is 17.3. The molecule has 1 aromatic heterocycles. The van der Waals surface area contributed by atoms with Crippen LogP contribution in [-0.4, -0.2) is 54.3 Å². The van der Waals surface area contributed by atoms with Crippen LogP contribution in [0, 0.1) is 0 Å². The summed E-state index contributed by atoms with van der Waals surface area (Å²) in [5.41, 5.74) is 3.88. The quantitative estimate of drug-likeness (QED) is 0.530. The van der Waals surface area contributed by atoms with Gasteiger partial charge in [0, 0.05) is 42.6 Å². The Balaban J connectivity index is 1.37. The minimum absolute atomic E-state index is 0.555. The first kappa shape index (κ1) is 23.3. The smallest absolute Gasteiger partial charge is 0.227 e. The summed E-state index contributed by atoms with van der Waals surface area (Å²) < 4.78 is 12.1. The summed E-state index contributed by atoms with van der Waals surface area (Å²) in [5, 5.41) is 6.87. The van der Waals surface area contributed by atoms with Crippen molar-refractivity contribution in [2.45, 2.75) is 25.8 Å². The molecule has 35 heavy (non-hydrogen) atoms. The van der Waals surface area contributed by atoms with Crippen molar-refractivity contribution in [1.29, 1.82) is 0 Å². The van der Waals surface area contributed by atoms with E-state index in [-0.39, 0.29) is 0 Å². The highest BCUT2D eigenvalue weighted by molar-refractivity contribution is 5.64. The van der Waals surface area contributed by atoms with Gasteiger partial charge < -0.3 is 20.1 Å². The topological polar surface area (TPSA) is 71.5 Å². The molecule has 0 radical (unpaired) electrons. The molecule has 0 atom stereocenters. The number of aromatic nitrogens is 2. The summed E-state index contributed by atoms with van der Waals surface area (Å²) in [6.07, 6.45) is 9.53. The van der Waals surface area contributed by atoms with Gasteiger partial charge in [-0.25, -0.2) is 9.97 Å². The maximum absolute atomic E-state index is 6.21. The second-order valence-corrected chi connectivity index (χ2v) is 8.88. The predicted octanol–water partition coefficient (Wildman–Crippen LogP) is 4.79. The minimum Gasteiger partial charge on any atom is -0.493 e. The Morgan fingerprint density at radius 1 is 1.03 bits per heavy atom. The Bertz CT molecular complexity index is 1140. The fourth-order valence-corrected chi connectivity index (χ4v) is 4.42.